The standard InChI is InChI=1S/C13H28N2O/c1-11(16)10-15-8-6-5-7-12(15)9-14-13(2,3)4/h11-12,14,16H,5-10H2,1-4H3. The second-order valence-electron chi connectivity index (χ2n) is 6.12. The highest BCUT2D eigenvalue weighted by molar-refractivity contribution is 4.82. The van der Waals surface area contributed by atoms with E-state index in [1.54, 1.807) is 0 Å². The van der Waals surface area contributed by atoms with Gasteiger partial charge in [-0.1, -0.05) is 6.42 Å². The number of likely N-dealkylation sites (tertiary alicyclic amines) is 1. The minimum atomic E-state index is -0.213. The molecule has 1 heterocycles. The molecule has 3 heteroatoms. The summed E-state index contributed by atoms with van der Waals surface area (Å²) in [4.78, 5) is 2.44. The SMILES string of the molecule is CC(O)CN1CCCCC1CNC(C)(C)C. The Morgan fingerprint density at radius 1 is 1.38 bits per heavy atom. The summed E-state index contributed by atoms with van der Waals surface area (Å²) in [6.07, 6.45) is 3.65. The van der Waals surface area contributed by atoms with E-state index >= 15 is 0 Å². The lowest BCUT2D eigenvalue weighted by Crippen LogP contribution is -2.51. The second kappa shape index (κ2) is 5.99. The zero-order valence-corrected chi connectivity index (χ0v) is 11.3. The topological polar surface area (TPSA) is 35.5 Å². The van der Waals surface area contributed by atoms with E-state index in [2.05, 4.69) is 31.0 Å². The minimum absolute atomic E-state index is 0.188. The lowest BCUT2D eigenvalue weighted by atomic mass is 10.00. The Labute approximate surface area is 100 Å². The van der Waals surface area contributed by atoms with Gasteiger partial charge >= 0.3 is 0 Å². The van der Waals surface area contributed by atoms with E-state index in [4.69, 9.17) is 0 Å². The average molecular weight is 228 g/mol. The van der Waals surface area contributed by atoms with Gasteiger partial charge in [0.15, 0.2) is 0 Å². The van der Waals surface area contributed by atoms with E-state index in [1.165, 1.54) is 19.3 Å². The van der Waals surface area contributed by atoms with Crippen LogP contribution >= 0.6 is 0 Å². The van der Waals surface area contributed by atoms with Crippen molar-refractivity contribution in [2.75, 3.05) is 19.6 Å². The Bertz CT molecular complexity index is 199. The molecule has 1 rings (SSSR count). The third-order valence-corrected chi connectivity index (χ3v) is 3.12. The number of hydrogen-bond acceptors (Lipinski definition) is 3. The van der Waals surface area contributed by atoms with Crippen molar-refractivity contribution in [1.82, 2.24) is 10.2 Å². The molecule has 0 saturated carbocycles. The van der Waals surface area contributed by atoms with Crippen LogP contribution in [0.3, 0.4) is 0 Å². The van der Waals surface area contributed by atoms with Crippen LogP contribution in [0.4, 0.5) is 0 Å². The largest absolute Gasteiger partial charge is 0.392 e. The van der Waals surface area contributed by atoms with Gasteiger partial charge < -0.3 is 10.4 Å². The van der Waals surface area contributed by atoms with Crippen molar-refractivity contribution in [3.05, 3.63) is 0 Å². The average Bonchev–Trinajstić information content (AvgIpc) is 2.14. The van der Waals surface area contributed by atoms with Gasteiger partial charge in [-0.15, -0.1) is 0 Å². The zero-order valence-electron chi connectivity index (χ0n) is 11.3. The third-order valence-electron chi connectivity index (χ3n) is 3.12. The smallest absolute Gasteiger partial charge is 0.0639 e. The predicted molar refractivity (Wildman–Crippen MR) is 68.6 cm³/mol. The molecule has 0 spiro atoms. The number of rotatable bonds is 4. The van der Waals surface area contributed by atoms with Crippen LogP contribution in [-0.4, -0.2) is 47.3 Å². The van der Waals surface area contributed by atoms with Crippen molar-refractivity contribution in [3.8, 4) is 0 Å². The third kappa shape index (κ3) is 5.28. The highest BCUT2D eigenvalue weighted by Crippen LogP contribution is 2.17. The number of piperidine rings is 1. The van der Waals surface area contributed by atoms with E-state index in [1.807, 2.05) is 6.92 Å². The Kier molecular flexibility index (Phi) is 5.22. The fraction of sp³-hybridized carbons (Fsp3) is 1.00. The van der Waals surface area contributed by atoms with E-state index in [0.29, 0.717) is 6.04 Å². The number of nitrogens with one attached hydrogen (secondary N) is 1. The van der Waals surface area contributed by atoms with Crippen LogP contribution in [0.15, 0.2) is 0 Å². The monoisotopic (exact) mass is 228 g/mol. The highest BCUT2D eigenvalue weighted by Gasteiger charge is 2.24. The molecule has 1 aliphatic rings. The van der Waals surface area contributed by atoms with Crippen LogP contribution < -0.4 is 5.32 Å². The van der Waals surface area contributed by atoms with Gasteiger partial charge in [0, 0.05) is 24.7 Å². The van der Waals surface area contributed by atoms with Crippen molar-refractivity contribution in [2.45, 2.75) is 64.6 Å². The zero-order chi connectivity index (χ0) is 12.2. The summed E-state index contributed by atoms with van der Waals surface area (Å²) < 4.78 is 0. The van der Waals surface area contributed by atoms with Crippen LogP contribution in [0.25, 0.3) is 0 Å². The van der Waals surface area contributed by atoms with E-state index in [0.717, 1.165) is 19.6 Å². The molecule has 1 fully saturated rings. The van der Waals surface area contributed by atoms with Crippen molar-refractivity contribution in [1.29, 1.82) is 0 Å². The first kappa shape index (κ1) is 13.9. The molecule has 2 atom stereocenters. The second-order valence-corrected chi connectivity index (χ2v) is 6.12. The van der Waals surface area contributed by atoms with Crippen LogP contribution in [-0.2, 0) is 0 Å². The summed E-state index contributed by atoms with van der Waals surface area (Å²) in [6.45, 7) is 11.5. The summed E-state index contributed by atoms with van der Waals surface area (Å²) >= 11 is 0. The first-order chi connectivity index (χ1) is 7.38. The van der Waals surface area contributed by atoms with Crippen LogP contribution in [0.2, 0.25) is 0 Å². The van der Waals surface area contributed by atoms with Crippen LogP contribution in [0.1, 0.15) is 47.0 Å². The van der Waals surface area contributed by atoms with Gasteiger partial charge in [0.25, 0.3) is 0 Å². The summed E-state index contributed by atoms with van der Waals surface area (Å²) in [5.41, 5.74) is 0.188. The molecule has 0 radical (unpaired) electrons. The molecular formula is C13H28N2O. The van der Waals surface area contributed by atoms with Gasteiger partial charge in [0.2, 0.25) is 0 Å². The molecule has 0 aromatic carbocycles. The van der Waals surface area contributed by atoms with Gasteiger partial charge in [-0.05, 0) is 47.1 Å². The number of hydrogen-bond donors (Lipinski definition) is 2. The Balaban J connectivity index is 2.41. The van der Waals surface area contributed by atoms with Crippen molar-refractivity contribution < 1.29 is 5.11 Å². The van der Waals surface area contributed by atoms with Gasteiger partial charge in [0.1, 0.15) is 0 Å². The quantitative estimate of drug-likeness (QED) is 0.767. The number of nitrogens with zero attached hydrogens (tertiary/aromatic N) is 1. The number of β-amino-alcohol motifs (C(OH)–C–C–N with tert-alkyl or cyclic N) is 1. The molecule has 16 heavy (non-hydrogen) atoms. The van der Waals surface area contributed by atoms with Crippen molar-refractivity contribution in [2.24, 2.45) is 0 Å². The summed E-state index contributed by atoms with van der Waals surface area (Å²) in [7, 11) is 0. The first-order valence-electron chi connectivity index (χ1n) is 6.55. The molecule has 0 aromatic heterocycles. The molecule has 96 valence electrons. The summed E-state index contributed by atoms with van der Waals surface area (Å²) in [5.74, 6) is 0. The van der Waals surface area contributed by atoms with Crippen LogP contribution in [0, 0.1) is 0 Å². The molecule has 0 bridgehead atoms. The lowest BCUT2D eigenvalue weighted by molar-refractivity contribution is 0.0735. The normalized spacial score (nSPS) is 25.7. The molecule has 1 saturated heterocycles. The molecular weight excluding hydrogens is 200 g/mol. The highest BCUT2D eigenvalue weighted by atomic mass is 16.3. The first-order valence-corrected chi connectivity index (χ1v) is 6.55. The minimum Gasteiger partial charge on any atom is -0.392 e. The van der Waals surface area contributed by atoms with Gasteiger partial charge in [-0.25, -0.2) is 0 Å². The van der Waals surface area contributed by atoms with Crippen LogP contribution in [0.5, 0.6) is 0 Å². The molecule has 1 aliphatic heterocycles. The van der Waals surface area contributed by atoms with Crippen molar-refractivity contribution in [3.63, 3.8) is 0 Å². The Morgan fingerprint density at radius 3 is 2.62 bits per heavy atom. The van der Waals surface area contributed by atoms with Crippen molar-refractivity contribution >= 4 is 0 Å². The predicted octanol–water partition coefficient (Wildman–Crippen LogP) is 1.61. The number of aliphatic hydroxyl groups is 1. The summed E-state index contributed by atoms with van der Waals surface area (Å²) in [6, 6.07) is 0.600. The molecule has 2 N–H and O–H groups in total. The number of aliphatic hydroxyl groups excluding tert-OH is 1. The maximum atomic E-state index is 9.49. The molecule has 3 nitrogen and oxygen atoms in total. The molecule has 0 amide bonds. The fourth-order valence-corrected chi connectivity index (χ4v) is 2.29. The lowest BCUT2D eigenvalue weighted by Gasteiger charge is -2.38. The fourth-order valence-electron chi connectivity index (χ4n) is 2.29. The maximum Gasteiger partial charge on any atom is 0.0639 e. The molecule has 2 unspecified atom stereocenters. The van der Waals surface area contributed by atoms with Gasteiger partial charge in [-0.2, -0.15) is 0 Å². The molecule has 0 aliphatic carbocycles. The Morgan fingerprint density at radius 2 is 2.06 bits per heavy atom. The maximum absolute atomic E-state index is 9.49. The van der Waals surface area contributed by atoms with E-state index in [-0.39, 0.29) is 11.6 Å². The van der Waals surface area contributed by atoms with E-state index in [9.17, 15) is 5.11 Å². The van der Waals surface area contributed by atoms with Gasteiger partial charge in [-0.3, -0.25) is 4.90 Å². The Hall–Kier alpha value is -0.120. The summed E-state index contributed by atoms with van der Waals surface area (Å²) in [5, 5.41) is 13.1. The van der Waals surface area contributed by atoms with E-state index < -0.39 is 0 Å². The van der Waals surface area contributed by atoms with Gasteiger partial charge in [0.05, 0.1) is 6.10 Å². The molecule has 0 aromatic rings.